The van der Waals surface area contributed by atoms with E-state index in [1.165, 1.54) is 51.9 Å². The van der Waals surface area contributed by atoms with Crippen LogP contribution in [0, 0.1) is 5.92 Å². The second-order valence-electron chi connectivity index (χ2n) is 5.20. The van der Waals surface area contributed by atoms with Gasteiger partial charge in [0.2, 0.25) is 0 Å². The maximum Gasteiger partial charge on any atom is 0.0469 e. The van der Waals surface area contributed by atoms with Crippen LogP contribution in [-0.2, 0) is 4.74 Å². The van der Waals surface area contributed by atoms with E-state index >= 15 is 0 Å². The van der Waals surface area contributed by atoms with E-state index in [1.54, 1.807) is 0 Å². The maximum atomic E-state index is 5.43. The molecule has 0 spiro atoms. The summed E-state index contributed by atoms with van der Waals surface area (Å²) >= 11 is 0. The van der Waals surface area contributed by atoms with Gasteiger partial charge in [-0.3, -0.25) is 4.90 Å². The van der Waals surface area contributed by atoms with Crippen LogP contribution in [0.5, 0.6) is 0 Å². The second kappa shape index (κ2) is 8.30. The Morgan fingerprint density at radius 2 is 2.06 bits per heavy atom. The summed E-state index contributed by atoms with van der Waals surface area (Å²) < 4.78 is 5.43. The van der Waals surface area contributed by atoms with Gasteiger partial charge in [0.25, 0.3) is 0 Å². The van der Waals surface area contributed by atoms with Crippen LogP contribution in [0.4, 0.5) is 0 Å². The summed E-state index contributed by atoms with van der Waals surface area (Å²) in [4.78, 5) is 2.72. The van der Waals surface area contributed by atoms with E-state index in [0.717, 1.165) is 25.2 Å². The molecule has 0 aromatic rings. The van der Waals surface area contributed by atoms with E-state index < -0.39 is 0 Å². The molecule has 2 aliphatic rings. The van der Waals surface area contributed by atoms with Crippen LogP contribution < -0.4 is 5.32 Å². The zero-order valence-electron chi connectivity index (χ0n) is 11.0. The first-order valence-corrected chi connectivity index (χ1v) is 6.92. The highest BCUT2D eigenvalue weighted by Gasteiger charge is 2.24. The number of hydrogen-bond acceptors (Lipinski definition) is 3. The molecule has 0 aromatic carbocycles. The van der Waals surface area contributed by atoms with Crippen LogP contribution in [0.25, 0.3) is 0 Å². The van der Waals surface area contributed by atoms with Gasteiger partial charge in [0, 0.05) is 45.4 Å². The summed E-state index contributed by atoms with van der Waals surface area (Å²) in [7, 11) is 0. The summed E-state index contributed by atoms with van der Waals surface area (Å²) in [6.07, 6.45) is 5.18. The average molecular weight is 263 g/mol. The SMILES string of the molecule is CCCC1CNCCN1CC1CCOCC1.Cl. The van der Waals surface area contributed by atoms with Gasteiger partial charge in [-0.2, -0.15) is 0 Å². The van der Waals surface area contributed by atoms with Gasteiger partial charge in [-0.05, 0) is 25.2 Å². The van der Waals surface area contributed by atoms with Gasteiger partial charge in [0.15, 0.2) is 0 Å². The highest BCUT2D eigenvalue weighted by atomic mass is 35.5. The molecule has 1 N–H and O–H groups in total. The van der Waals surface area contributed by atoms with Crippen molar-refractivity contribution in [2.24, 2.45) is 5.92 Å². The molecule has 0 saturated carbocycles. The number of ether oxygens (including phenoxy) is 1. The van der Waals surface area contributed by atoms with E-state index in [0.29, 0.717) is 0 Å². The molecule has 4 heteroatoms. The van der Waals surface area contributed by atoms with Crippen molar-refractivity contribution < 1.29 is 4.74 Å². The van der Waals surface area contributed by atoms with E-state index in [4.69, 9.17) is 4.74 Å². The van der Waals surface area contributed by atoms with Crippen molar-refractivity contribution in [2.45, 2.75) is 38.6 Å². The number of piperazine rings is 1. The van der Waals surface area contributed by atoms with Crippen LogP contribution in [0.1, 0.15) is 32.6 Å². The predicted molar refractivity (Wildman–Crippen MR) is 73.9 cm³/mol. The molecule has 0 bridgehead atoms. The van der Waals surface area contributed by atoms with Crippen LogP contribution in [0.3, 0.4) is 0 Å². The minimum absolute atomic E-state index is 0. The number of hydrogen-bond donors (Lipinski definition) is 1. The smallest absolute Gasteiger partial charge is 0.0469 e. The van der Waals surface area contributed by atoms with Crippen LogP contribution in [0.15, 0.2) is 0 Å². The molecule has 0 amide bonds. The van der Waals surface area contributed by atoms with Gasteiger partial charge < -0.3 is 10.1 Å². The van der Waals surface area contributed by atoms with Crippen LogP contribution in [0.2, 0.25) is 0 Å². The molecule has 2 heterocycles. The fourth-order valence-electron chi connectivity index (χ4n) is 2.92. The van der Waals surface area contributed by atoms with Crippen LogP contribution in [-0.4, -0.2) is 50.3 Å². The molecule has 2 rings (SSSR count). The number of nitrogens with one attached hydrogen (secondary N) is 1. The van der Waals surface area contributed by atoms with Crippen LogP contribution >= 0.6 is 12.4 Å². The minimum atomic E-state index is 0. The van der Waals surface area contributed by atoms with Gasteiger partial charge in [0.1, 0.15) is 0 Å². The number of nitrogens with zero attached hydrogens (tertiary/aromatic N) is 1. The predicted octanol–water partition coefficient (Wildman–Crippen LogP) is 1.91. The molecule has 2 fully saturated rings. The van der Waals surface area contributed by atoms with E-state index in [9.17, 15) is 0 Å². The largest absolute Gasteiger partial charge is 0.381 e. The molecule has 0 radical (unpaired) electrons. The normalized spacial score (nSPS) is 27.7. The third kappa shape index (κ3) is 4.74. The lowest BCUT2D eigenvalue weighted by Crippen LogP contribution is -2.52. The molecule has 102 valence electrons. The topological polar surface area (TPSA) is 24.5 Å². The quantitative estimate of drug-likeness (QED) is 0.838. The fourth-order valence-corrected chi connectivity index (χ4v) is 2.92. The Hall–Kier alpha value is 0.170. The Balaban J connectivity index is 0.00000144. The van der Waals surface area contributed by atoms with Crippen molar-refractivity contribution in [1.29, 1.82) is 0 Å². The standard InChI is InChI=1S/C13H26N2O.ClH/c1-2-3-13-10-14-6-7-15(13)11-12-4-8-16-9-5-12;/h12-14H,2-11H2,1H3;1H. The molecular formula is C13H27ClN2O. The molecule has 1 unspecified atom stereocenters. The van der Waals surface area contributed by atoms with Crippen molar-refractivity contribution >= 4 is 12.4 Å². The highest BCUT2D eigenvalue weighted by molar-refractivity contribution is 5.85. The zero-order valence-corrected chi connectivity index (χ0v) is 11.8. The molecule has 1 atom stereocenters. The Bertz CT molecular complexity index is 196. The van der Waals surface area contributed by atoms with E-state index in [-0.39, 0.29) is 12.4 Å². The van der Waals surface area contributed by atoms with Crippen molar-refractivity contribution in [1.82, 2.24) is 10.2 Å². The molecule has 0 aromatic heterocycles. The molecular weight excluding hydrogens is 236 g/mol. The molecule has 3 nitrogen and oxygen atoms in total. The summed E-state index contributed by atoms with van der Waals surface area (Å²) in [6.45, 7) is 9.16. The summed E-state index contributed by atoms with van der Waals surface area (Å²) in [6, 6.07) is 0.779. The summed E-state index contributed by atoms with van der Waals surface area (Å²) in [5, 5.41) is 3.52. The Kier molecular flexibility index (Phi) is 7.44. The number of rotatable bonds is 4. The van der Waals surface area contributed by atoms with Crippen molar-refractivity contribution in [2.75, 3.05) is 39.4 Å². The van der Waals surface area contributed by atoms with E-state index in [1.807, 2.05) is 0 Å². The first kappa shape index (κ1) is 15.2. The third-order valence-corrected chi connectivity index (χ3v) is 3.93. The first-order chi connectivity index (χ1) is 7.90. The minimum Gasteiger partial charge on any atom is -0.381 e. The van der Waals surface area contributed by atoms with Gasteiger partial charge in [-0.15, -0.1) is 12.4 Å². The van der Waals surface area contributed by atoms with Gasteiger partial charge in [-0.1, -0.05) is 13.3 Å². The van der Waals surface area contributed by atoms with Gasteiger partial charge >= 0.3 is 0 Å². The molecule has 17 heavy (non-hydrogen) atoms. The van der Waals surface area contributed by atoms with Gasteiger partial charge in [0.05, 0.1) is 0 Å². The average Bonchev–Trinajstić information content (AvgIpc) is 2.33. The molecule has 2 aliphatic heterocycles. The Morgan fingerprint density at radius 1 is 1.29 bits per heavy atom. The zero-order chi connectivity index (χ0) is 11.2. The lowest BCUT2D eigenvalue weighted by molar-refractivity contribution is 0.0398. The Labute approximate surface area is 112 Å². The lowest BCUT2D eigenvalue weighted by Gasteiger charge is -2.39. The van der Waals surface area contributed by atoms with E-state index in [2.05, 4.69) is 17.1 Å². The molecule has 2 saturated heterocycles. The van der Waals surface area contributed by atoms with Crippen molar-refractivity contribution in [3.8, 4) is 0 Å². The third-order valence-electron chi connectivity index (χ3n) is 3.93. The molecule has 0 aliphatic carbocycles. The summed E-state index contributed by atoms with van der Waals surface area (Å²) in [5.41, 5.74) is 0. The van der Waals surface area contributed by atoms with Gasteiger partial charge in [-0.25, -0.2) is 0 Å². The van der Waals surface area contributed by atoms with Crippen molar-refractivity contribution in [3.05, 3.63) is 0 Å². The first-order valence-electron chi connectivity index (χ1n) is 6.92. The monoisotopic (exact) mass is 262 g/mol. The fraction of sp³-hybridized carbons (Fsp3) is 1.00. The lowest BCUT2D eigenvalue weighted by atomic mass is 9.97. The van der Waals surface area contributed by atoms with Crippen molar-refractivity contribution in [3.63, 3.8) is 0 Å². The second-order valence-corrected chi connectivity index (χ2v) is 5.20. The Morgan fingerprint density at radius 3 is 2.76 bits per heavy atom. The maximum absolute atomic E-state index is 5.43. The highest BCUT2D eigenvalue weighted by Crippen LogP contribution is 2.19. The summed E-state index contributed by atoms with van der Waals surface area (Å²) in [5.74, 6) is 0.881. The number of halogens is 1.